The molecule has 3 aromatic rings. The van der Waals surface area contributed by atoms with Gasteiger partial charge in [-0.3, -0.25) is 9.89 Å². The number of amides is 1. The number of H-pyrrole nitrogens is 1. The molecule has 4 N–H and O–H groups in total. The summed E-state index contributed by atoms with van der Waals surface area (Å²) in [6, 6.07) is 9.04. The van der Waals surface area contributed by atoms with Gasteiger partial charge in [0.15, 0.2) is 0 Å². The van der Waals surface area contributed by atoms with Crippen LogP contribution in [0.1, 0.15) is 23.2 Å². The van der Waals surface area contributed by atoms with E-state index in [0.717, 1.165) is 43.0 Å². The number of aromatic nitrogens is 3. The van der Waals surface area contributed by atoms with Gasteiger partial charge < -0.3 is 20.7 Å². The first-order valence-electron chi connectivity index (χ1n) is 9.89. The second kappa shape index (κ2) is 10.4. The largest absolute Gasteiger partial charge is 0.487 e. The summed E-state index contributed by atoms with van der Waals surface area (Å²) in [5.41, 5.74) is 3.03. The Hall–Kier alpha value is -3.24. The Balaban J connectivity index is 0.00000141. The molecule has 1 saturated heterocycles. The van der Waals surface area contributed by atoms with E-state index in [1.165, 1.54) is 37.5 Å². The van der Waals surface area contributed by atoms with Crippen LogP contribution in [0, 0.1) is 0 Å². The molecule has 2 aromatic heterocycles. The van der Waals surface area contributed by atoms with Crippen LogP contribution in [-0.4, -0.2) is 46.8 Å². The van der Waals surface area contributed by atoms with Gasteiger partial charge in [0, 0.05) is 48.3 Å². The number of carbonyl (C=O) groups excluding carboxylic acids is 1. The molecule has 1 aromatic carbocycles. The quantitative estimate of drug-likeness (QED) is 0.474. The van der Waals surface area contributed by atoms with E-state index in [1.807, 2.05) is 6.07 Å². The Labute approximate surface area is 188 Å². The second-order valence-corrected chi connectivity index (χ2v) is 7.23. The van der Waals surface area contributed by atoms with E-state index >= 15 is 0 Å². The highest BCUT2D eigenvalue weighted by Gasteiger charge is 2.27. The first kappa shape index (κ1) is 23.4. The molecule has 0 saturated carbocycles. The van der Waals surface area contributed by atoms with E-state index in [0.29, 0.717) is 11.3 Å². The highest BCUT2D eigenvalue weighted by molar-refractivity contribution is 6.20. The fourth-order valence-corrected chi connectivity index (χ4v) is 3.40. The second-order valence-electron chi connectivity index (χ2n) is 6.79. The number of hydrogen-bond acceptors (Lipinski definition) is 6. The zero-order valence-electron chi connectivity index (χ0n) is 17.3. The molecule has 1 fully saturated rings. The third kappa shape index (κ3) is 5.92. The van der Waals surface area contributed by atoms with Crippen LogP contribution in [0.2, 0.25) is 0 Å². The summed E-state index contributed by atoms with van der Waals surface area (Å²) in [7, 11) is 1.50. The van der Waals surface area contributed by atoms with Crippen LogP contribution in [0.25, 0.3) is 11.3 Å². The van der Waals surface area contributed by atoms with Crippen LogP contribution < -0.4 is 20.7 Å². The first-order chi connectivity index (χ1) is 15.4. The predicted octanol–water partition coefficient (Wildman–Crippen LogP) is 4.07. The van der Waals surface area contributed by atoms with Gasteiger partial charge in [-0.1, -0.05) is 0 Å². The van der Waals surface area contributed by atoms with Crippen molar-refractivity contribution in [3.05, 3.63) is 54.4 Å². The van der Waals surface area contributed by atoms with E-state index < -0.39 is 5.57 Å². The molecule has 170 valence electrons. The van der Waals surface area contributed by atoms with Crippen molar-refractivity contribution in [2.45, 2.75) is 18.4 Å². The number of pyridine rings is 1. The molecule has 1 aliphatic heterocycles. The molecule has 4 rings (SSSR count). The Morgan fingerprint density at radius 1 is 1.22 bits per heavy atom. The van der Waals surface area contributed by atoms with E-state index in [-0.39, 0.29) is 11.7 Å². The van der Waals surface area contributed by atoms with E-state index in [4.69, 9.17) is 11.6 Å². The number of alkyl halides is 3. The Kier molecular flexibility index (Phi) is 7.60. The molecular weight excluding hydrogens is 442 g/mol. The van der Waals surface area contributed by atoms with Crippen LogP contribution in [0.15, 0.2) is 48.8 Å². The fourth-order valence-electron chi connectivity index (χ4n) is 3.31. The number of rotatable bonds is 6. The Morgan fingerprint density at radius 2 is 1.91 bits per heavy atom. The number of nitrogens with two attached hydrogens (primary N) is 1. The molecule has 11 heteroatoms. The topological polar surface area (TPSA) is 109 Å². The van der Waals surface area contributed by atoms with Crippen molar-refractivity contribution in [2.24, 2.45) is 5.73 Å². The number of ether oxygens (including phenoxy) is 1. The minimum Gasteiger partial charge on any atom is -0.420 e. The van der Waals surface area contributed by atoms with Gasteiger partial charge in [0.05, 0.1) is 11.3 Å². The number of anilines is 2. The standard InChI is InChI=1S/C20H18ClF2N5O2.CH5N/c21-20(22,23)30-15-5-3-14(4-6-15)26-19(29)13-11-16(17-7-8-25-27-17)18(24-12-13)28-9-1-2-10-28;1-2/h3-8,11-12H,1-2,9-10H2,(H,25,27)(H,26,29);2H2,1H3. The summed E-state index contributed by atoms with van der Waals surface area (Å²) in [6.45, 7) is 1.82. The smallest absolute Gasteiger partial charge is 0.420 e. The molecular formula is C21H23ClF2N6O2. The van der Waals surface area contributed by atoms with E-state index in [2.05, 4.69) is 35.9 Å². The van der Waals surface area contributed by atoms with Crippen molar-refractivity contribution in [2.75, 3.05) is 30.4 Å². The third-order valence-corrected chi connectivity index (χ3v) is 4.75. The summed E-state index contributed by atoms with van der Waals surface area (Å²) in [5, 5.41) is 9.63. The van der Waals surface area contributed by atoms with Crippen LogP contribution >= 0.6 is 11.6 Å². The van der Waals surface area contributed by atoms with Gasteiger partial charge in [0.25, 0.3) is 5.91 Å². The maximum atomic E-state index is 12.7. The minimum absolute atomic E-state index is 0.119. The number of nitrogens with zero attached hydrogens (tertiary/aromatic N) is 3. The molecule has 1 aliphatic rings. The van der Waals surface area contributed by atoms with E-state index in [1.54, 1.807) is 12.3 Å². The zero-order chi connectivity index (χ0) is 23.1. The highest BCUT2D eigenvalue weighted by atomic mass is 35.5. The fraction of sp³-hybridized carbons (Fsp3) is 0.286. The number of nitrogens with one attached hydrogen (secondary N) is 2. The molecule has 0 aliphatic carbocycles. The van der Waals surface area contributed by atoms with Gasteiger partial charge in [-0.15, -0.1) is 8.78 Å². The van der Waals surface area contributed by atoms with Crippen LogP contribution in [0.5, 0.6) is 5.75 Å². The summed E-state index contributed by atoms with van der Waals surface area (Å²) in [5.74, 6) is 0.301. The summed E-state index contributed by atoms with van der Waals surface area (Å²) < 4.78 is 29.7. The normalized spacial score (nSPS) is 13.3. The van der Waals surface area contributed by atoms with Crippen molar-refractivity contribution in [1.82, 2.24) is 15.2 Å². The van der Waals surface area contributed by atoms with Crippen molar-refractivity contribution in [3.8, 4) is 17.0 Å². The molecule has 1 amide bonds. The lowest BCUT2D eigenvalue weighted by Crippen LogP contribution is -2.21. The molecule has 0 bridgehead atoms. The van der Waals surface area contributed by atoms with Gasteiger partial charge in [0.2, 0.25) is 0 Å². The number of halogens is 3. The number of benzene rings is 1. The van der Waals surface area contributed by atoms with Gasteiger partial charge in [-0.2, -0.15) is 5.10 Å². The molecule has 3 heterocycles. The monoisotopic (exact) mass is 464 g/mol. The number of aromatic amines is 1. The SMILES string of the molecule is CN.O=C(Nc1ccc(OC(F)(F)Cl)cc1)c1cnc(N2CCCC2)c(-c2ccn[nH]2)c1. The Morgan fingerprint density at radius 3 is 2.50 bits per heavy atom. The van der Waals surface area contributed by atoms with Crippen LogP contribution in [0.4, 0.5) is 20.3 Å². The maximum Gasteiger partial charge on any atom is 0.487 e. The van der Waals surface area contributed by atoms with Crippen LogP contribution in [0.3, 0.4) is 0 Å². The lowest BCUT2D eigenvalue weighted by molar-refractivity contribution is -0.0964. The average Bonchev–Trinajstić information content (AvgIpc) is 3.49. The van der Waals surface area contributed by atoms with Gasteiger partial charge >= 0.3 is 5.57 Å². The number of carbonyl (C=O) groups is 1. The molecule has 0 radical (unpaired) electrons. The van der Waals surface area contributed by atoms with Crippen molar-refractivity contribution < 1.29 is 18.3 Å². The molecule has 0 unspecified atom stereocenters. The summed E-state index contributed by atoms with van der Waals surface area (Å²) >= 11 is 4.75. The summed E-state index contributed by atoms with van der Waals surface area (Å²) in [6.07, 6.45) is 5.36. The van der Waals surface area contributed by atoms with Crippen molar-refractivity contribution >= 4 is 29.0 Å². The first-order valence-corrected chi connectivity index (χ1v) is 10.3. The minimum atomic E-state index is -3.80. The van der Waals surface area contributed by atoms with E-state index in [9.17, 15) is 13.6 Å². The van der Waals surface area contributed by atoms with Gasteiger partial charge in [-0.25, -0.2) is 4.98 Å². The van der Waals surface area contributed by atoms with Crippen molar-refractivity contribution in [1.29, 1.82) is 0 Å². The van der Waals surface area contributed by atoms with Gasteiger partial charge in [-0.05, 0) is 56.3 Å². The highest BCUT2D eigenvalue weighted by Crippen LogP contribution is 2.31. The average molecular weight is 465 g/mol. The maximum absolute atomic E-state index is 12.7. The zero-order valence-corrected chi connectivity index (χ0v) is 18.1. The summed E-state index contributed by atoms with van der Waals surface area (Å²) in [4.78, 5) is 19.4. The lowest BCUT2D eigenvalue weighted by Gasteiger charge is -2.20. The molecule has 0 spiro atoms. The van der Waals surface area contributed by atoms with Gasteiger partial charge in [0.1, 0.15) is 11.6 Å². The predicted molar refractivity (Wildman–Crippen MR) is 119 cm³/mol. The molecule has 0 atom stereocenters. The third-order valence-electron chi connectivity index (χ3n) is 4.67. The molecule has 8 nitrogen and oxygen atoms in total. The van der Waals surface area contributed by atoms with Crippen LogP contribution in [-0.2, 0) is 0 Å². The lowest BCUT2D eigenvalue weighted by atomic mass is 10.1. The Bertz CT molecular complexity index is 1020. The molecule has 32 heavy (non-hydrogen) atoms. The number of hydrogen-bond donors (Lipinski definition) is 3. The van der Waals surface area contributed by atoms with Crippen molar-refractivity contribution in [3.63, 3.8) is 0 Å².